The number of nitrogens with two attached hydrogens (primary N) is 1. The first-order valence-corrected chi connectivity index (χ1v) is 11.9. The summed E-state index contributed by atoms with van der Waals surface area (Å²) in [5.74, 6) is -1.54. The molecule has 0 bridgehead atoms. The number of amides is 2. The van der Waals surface area contributed by atoms with E-state index in [0.29, 0.717) is 25.2 Å². The Labute approximate surface area is 207 Å². The smallest absolute Gasteiger partial charge is 0.255 e. The zero-order chi connectivity index (χ0) is 25.7. The van der Waals surface area contributed by atoms with E-state index in [-0.39, 0.29) is 41.4 Å². The van der Waals surface area contributed by atoms with Gasteiger partial charge in [-0.2, -0.15) is 5.10 Å². The first-order chi connectivity index (χ1) is 17.3. The topological polar surface area (TPSA) is 129 Å². The predicted molar refractivity (Wildman–Crippen MR) is 131 cm³/mol. The molecule has 1 aromatic carbocycles. The van der Waals surface area contributed by atoms with Gasteiger partial charge in [0.2, 0.25) is 5.91 Å². The van der Waals surface area contributed by atoms with Gasteiger partial charge in [0.05, 0.1) is 11.6 Å². The van der Waals surface area contributed by atoms with E-state index in [1.807, 2.05) is 0 Å². The van der Waals surface area contributed by atoms with Crippen LogP contribution in [0.2, 0.25) is 0 Å². The van der Waals surface area contributed by atoms with Gasteiger partial charge in [0, 0.05) is 31.9 Å². The number of carbonyl (C=O) groups excluding carboxylic acids is 2. The summed E-state index contributed by atoms with van der Waals surface area (Å²) in [7, 11) is 0. The molecule has 1 aliphatic heterocycles. The maximum Gasteiger partial charge on any atom is 0.255 e. The number of aromatic amines is 1. The second-order valence-corrected chi connectivity index (χ2v) is 8.81. The van der Waals surface area contributed by atoms with Crippen molar-refractivity contribution in [2.45, 2.75) is 38.3 Å². The van der Waals surface area contributed by atoms with Crippen LogP contribution in [-0.4, -0.2) is 63.6 Å². The van der Waals surface area contributed by atoms with Crippen LogP contribution in [0.1, 0.15) is 35.7 Å². The van der Waals surface area contributed by atoms with Crippen molar-refractivity contribution in [1.82, 2.24) is 25.4 Å². The highest BCUT2D eigenvalue weighted by Gasteiger charge is 2.31. The van der Waals surface area contributed by atoms with Gasteiger partial charge in [-0.05, 0) is 56.0 Å². The molecule has 11 heteroatoms. The summed E-state index contributed by atoms with van der Waals surface area (Å²) >= 11 is 0. The van der Waals surface area contributed by atoms with Crippen molar-refractivity contribution in [2.75, 3.05) is 25.0 Å². The van der Waals surface area contributed by atoms with Crippen molar-refractivity contribution in [1.29, 1.82) is 0 Å². The number of nitrogens with one attached hydrogen (secondary N) is 3. The lowest BCUT2D eigenvalue weighted by Crippen LogP contribution is -2.48. The van der Waals surface area contributed by atoms with Crippen molar-refractivity contribution in [3.8, 4) is 11.4 Å². The van der Waals surface area contributed by atoms with E-state index in [4.69, 9.17) is 5.73 Å². The number of carbonyl (C=O) groups is 2. The third-order valence-electron chi connectivity index (χ3n) is 6.11. The van der Waals surface area contributed by atoms with Crippen molar-refractivity contribution in [2.24, 2.45) is 5.73 Å². The van der Waals surface area contributed by atoms with Gasteiger partial charge in [-0.25, -0.2) is 13.8 Å². The van der Waals surface area contributed by atoms with Crippen LogP contribution in [0.25, 0.3) is 11.4 Å². The number of benzene rings is 1. The molecule has 1 fully saturated rings. The van der Waals surface area contributed by atoms with Crippen molar-refractivity contribution < 1.29 is 18.4 Å². The molecule has 1 saturated heterocycles. The molecule has 9 nitrogen and oxygen atoms in total. The summed E-state index contributed by atoms with van der Waals surface area (Å²) in [6.45, 7) is 2.76. The molecule has 0 spiro atoms. The minimum atomic E-state index is -0.697. The number of nitrogens with zero attached hydrogens (tertiary/aromatic N) is 3. The van der Waals surface area contributed by atoms with Gasteiger partial charge in [0.25, 0.3) is 5.91 Å². The SMILES string of the molecule is C[C@H](N)C(=O)N1CCCC1CNC(=O)c1cc(F)c(-c2cc[nH]n2)nc1NCCc1cccc(F)c1. The average molecular weight is 498 g/mol. The molecule has 3 heterocycles. The normalized spacial score (nSPS) is 16.1. The van der Waals surface area contributed by atoms with Gasteiger partial charge in [-0.15, -0.1) is 0 Å². The molecule has 2 atom stereocenters. The van der Waals surface area contributed by atoms with Crippen LogP contribution >= 0.6 is 0 Å². The van der Waals surface area contributed by atoms with Crippen LogP contribution in [0.15, 0.2) is 42.6 Å². The lowest BCUT2D eigenvalue weighted by atomic mass is 10.1. The molecular weight excluding hydrogens is 468 g/mol. The number of hydrogen-bond donors (Lipinski definition) is 4. The molecule has 1 aliphatic rings. The van der Waals surface area contributed by atoms with Crippen LogP contribution in [0.5, 0.6) is 0 Å². The maximum absolute atomic E-state index is 15.0. The molecule has 190 valence electrons. The van der Waals surface area contributed by atoms with E-state index >= 15 is 0 Å². The molecule has 2 aromatic heterocycles. The Balaban J connectivity index is 1.51. The number of aromatic nitrogens is 3. The Hall–Kier alpha value is -3.86. The number of anilines is 1. The summed E-state index contributed by atoms with van der Waals surface area (Å²) < 4.78 is 28.5. The second kappa shape index (κ2) is 11.3. The Morgan fingerprint density at radius 3 is 2.83 bits per heavy atom. The number of rotatable bonds is 9. The zero-order valence-electron chi connectivity index (χ0n) is 19.9. The summed E-state index contributed by atoms with van der Waals surface area (Å²) in [4.78, 5) is 31.5. The summed E-state index contributed by atoms with van der Waals surface area (Å²) in [5, 5.41) is 12.5. The largest absolute Gasteiger partial charge is 0.369 e. The highest BCUT2D eigenvalue weighted by Crippen LogP contribution is 2.25. The maximum atomic E-state index is 15.0. The summed E-state index contributed by atoms with van der Waals surface area (Å²) in [6.07, 6.45) is 3.57. The number of halogens is 2. The van der Waals surface area contributed by atoms with E-state index in [2.05, 4.69) is 25.8 Å². The van der Waals surface area contributed by atoms with Gasteiger partial charge in [0.1, 0.15) is 23.0 Å². The van der Waals surface area contributed by atoms with Crippen molar-refractivity contribution in [3.05, 3.63) is 65.4 Å². The molecule has 2 amide bonds. The third kappa shape index (κ3) is 5.85. The van der Waals surface area contributed by atoms with Crippen LogP contribution in [0, 0.1) is 11.6 Å². The molecule has 5 N–H and O–H groups in total. The van der Waals surface area contributed by atoms with Gasteiger partial charge in [-0.1, -0.05) is 12.1 Å². The van der Waals surface area contributed by atoms with E-state index < -0.39 is 17.8 Å². The van der Waals surface area contributed by atoms with Gasteiger partial charge in [0.15, 0.2) is 5.82 Å². The molecule has 3 aromatic rings. The fourth-order valence-corrected chi connectivity index (χ4v) is 4.29. The third-order valence-corrected chi connectivity index (χ3v) is 6.11. The Bertz CT molecular complexity index is 1220. The molecule has 0 aliphatic carbocycles. The Kier molecular flexibility index (Phi) is 7.89. The lowest BCUT2D eigenvalue weighted by Gasteiger charge is -2.26. The molecule has 36 heavy (non-hydrogen) atoms. The summed E-state index contributed by atoms with van der Waals surface area (Å²) in [6, 6.07) is 8.10. The van der Waals surface area contributed by atoms with Crippen LogP contribution in [-0.2, 0) is 11.2 Å². The van der Waals surface area contributed by atoms with Crippen molar-refractivity contribution >= 4 is 17.6 Å². The molecule has 4 rings (SSSR count). The monoisotopic (exact) mass is 497 g/mol. The molecule has 0 saturated carbocycles. The van der Waals surface area contributed by atoms with E-state index in [1.54, 1.807) is 36.2 Å². The highest BCUT2D eigenvalue weighted by atomic mass is 19.1. The van der Waals surface area contributed by atoms with Gasteiger partial charge >= 0.3 is 0 Å². The number of pyridine rings is 1. The molecule has 1 unspecified atom stereocenters. The fraction of sp³-hybridized carbons (Fsp3) is 0.360. The first-order valence-electron chi connectivity index (χ1n) is 11.9. The zero-order valence-corrected chi connectivity index (χ0v) is 19.9. The summed E-state index contributed by atoms with van der Waals surface area (Å²) in [5.41, 5.74) is 6.82. The number of hydrogen-bond acceptors (Lipinski definition) is 6. The van der Waals surface area contributed by atoms with E-state index in [1.165, 1.54) is 12.1 Å². The Morgan fingerprint density at radius 1 is 1.28 bits per heavy atom. The van der Waals surface area contributed by atoms with Crippen LogP contribution < -0.4 is 16.4 Å². The van der Waals surface area contributed by atoms with Gasteiger partial charge in [-0.3, -0.25) is 14.7 Å². The minimum Gasteiger partial charge on any atom is -0.369 e. The molecule has 0 radical (unpaired) electrons. The van der Waals surface area contributed by atoms with Crippen LogP contribution in [0.4, 0.5) is 14.6 Å². The highest BCUT2D eigenvalue weighted by molar-refractivity contribution is 5.99. The number of likely N-dealkylation sites (tertiary alicyclic amines) is 1. The van der Waals surface area contributed by atoms with Crippen molar-refractivity contribution in [3.63, 3.8) is 0 Å². The minimum absolute atomic E-state index is 0.00875. The standard InChI is InChI=1S/C25H29F2N7O2/c1-15(28)25(36)34-11-3-6-18(34)14-30-24(35)19-13-20(27)22(21-8-10-31-33-21)32-23(19)29-9-7-16-4-2-5-17(26)12-16/h2,4-5,8,10,12-13,15,18H,3,6-7,9,11,14,28H2,1H3,(H,29,32)(H,30,35)(H,31,33)/t15-,18?/m0/s1. The fourth-order valence-electron chi connectivity index (χ4n) is 4.29. The van der Waals surface area contributed by atoms with E-state index in [9.17, 15) is 18.4 Å². The number of H-pyrrole nitrogens is 1. The average Bonchev–Trinajstić information content (AvgIpc) is 3.55. The lowest BCUT2D eigenvalue weighted by molar-refractivity contribution is -0.132. The van der Waals surface area contributed by atoms with Gasteiger partial charge < -0.3 is 21.3 Å². The molecular formula is C25H29F2N7O2. The predicted octanol–water partition coefficient (Wildman–Crippen LogP) is 2.47. The van der Waals surface area contributed by atoms with E-state index in [0.717, 1.165) is 24.5 Å². The first kappa shape index (κ1) is 25.2. The Morgan fingerprint density at radius 2 is 2.11 bits per heavy atom. The van der Waals surface area contributed by atoms with Crippen LogP contribution in [0.3, 0.4) is 0 Å². The second-order valence-electron chi connectivity index (χ2n) is 8.81. The quantitative estimate of drug-likeness (QED) is 0.360.